The molecule has 0 bridgehead atoms. The van der Waals surface area contributed by atoms with Crippen molar-refractivity contribution in [1.82, 2.24) is 4.98 Å². The molecular formula is C15H17N3OS. The number of anilines is 1. The zero-order chi connectivity index (χ0) is 14.1. The summed E-state index contributed by atoms with van der Waals surface area (Å²) in [7, 11) is 0. The number of thiophene rings is 1. The van der Waals surface area contributed by atoms with Gasteiger partial charge in [0.05, 0.1) is 4.88 Å². The lowest BCUT2D eigenvalue weighted by molar-refractivity contribution is 0.344. The van der Waals surface area contributed by atoms with E-state index in [1.807, 2.05) is 17.5 Å². The molecule has 2 atom stereocenters. The van der Waals surface area contributed by atoms with Crippen LogP contribution in [0.5, 0.6) is 0 Å². The van der Waals surface area contributed by atoms with Gasteiger partial charge in [0.15, 0.2) is 0 Å². The number of piperidine rings is 1. The minimum absolute atomic E-state index is 0.398. The predicted molar refractivity (Wildman–Crippen MR) is 79.7 cm³/mol. The highest BCUT2D eigenvalue weighted by atomic mass is 32.1. The summed E-state index contributed by atoms with van der Waals surface area (Å²) in [5.74, 6) is 2.41. The van der Waals surface area contributed by atoms with Gasteiger partial charge in [0.2, 0.25) is 17.5 Å². The maximum absolute atomic E-state index is 9.30. The molecule has 2 aromatic heterocycles. The fourth-order valence-corrected chi connectivity index (χ4v) is 3.58. The summed E-state index contributed by atoms with van der Waals surface area (Å²) in [4.78, 5) is 7.47. The summed E-state index contributed by atoms with van der Waals surface area (Å²) >= 11 is 1.57. The molecule has 104 valence electrons. The highest BCUT2D eigenvalue weighted by Crippen LogP contribution is 2.33. The second kappa shape index (κ2) is 5.29. The Labute approximate surface area is 122 Å². The quantitative estimate of drug-likeness (QED) is 0.844. The van der Waals surface area contributed by atoms with E-state index >= 15 is 0 Å². The Kier molecular flexibility index (Phi) is 3.49. The highest BCUT2D eigenvalue weighted by molar-refractivity contribution is 7.13. The number of hydrogen-bond donors (Lipinski definition) is 0. The monoisotopic (exact) mass is 287 g/mol. The van der Waals surface area contributed by atoms with Crippen molar-refractivity contribution in [3.05, 3.63) is 23.2 Å². The van der Waals surface area contributed by atoms with Gasteiger partial charge in [0.25, 0.3) is 0 Å². The van der Waals surface area contributed by atoms with Crippen molar-refractivity contribution < 1.29 is 4.42 Å². The van der Waals surface area contributed by atoms with E-state index in [1.165, 1.54) is 6.42 Å². The molecule has 4 nitrogen and oxygen atoms in total. The van der Waals surface area contributed by atoms with Gasteiger partial charge in [-0.05, 0) is 29.7 Å². The van der Waals surface area contributed by atoms with Crippen LogP contribution in [0, 0.1) is 23.2 Å². The summed E-state index contributed by atoms with van der Waals surface area (Å²) in [6.45, 7) is 6.34. The van der Waals surface area contributed by atoms with E-state index in [2.05, 4.69) is 29.8 Å². The van der Waals surface area contributed by atoms with Gasteiger partial charge in [-0.2, -0.15) is 10.2 Å². The van der Waals surface area contributed by atoms with Crippen molar-refractivity contribution in [2.75, 3.05) is 18.0 Å². The normalized spacial score (nSPS) is 22.8. The molecule has 0 saturated carbocycles. The Morgan fingerprint density at radius 2 is 2.15 bits per heavy atom. The molecule has 0 N–H and O–H groups in total. The summed E-state index contributed by atoms with van der Waals surface area (Å²) in [6.07, 6.45) is 1.23. The van der Waals surface area contributed by atoms with Crippen LogP contribution in [0.1, 0.15) is 26.0 Å². The molecule has 5 heteroatoms. The molecule has 1 fully saturated rings. The van der Waals surface area contributed by atoms with Crippen LogP contribution < -0.4 is 4.90 Å². The number of hydrogen-bond acceptors (Lipinski definition) is 5. The zero-order valence-corrected chi connectivity index (χ0v) is 12.5. The van der Waals surface area contributed by atoms with Gasteiger partial charge in [0, 0.05) is 13.1 Å². The van der Waals surface area contributed by atoms with Gasteiger partial charge < -0.3 is 9.32 Å². The van der Waals surface area contributed by atoms with E-state index in [4.69, 9.17) is 4.42 Å². The Bertz CT molecular complexity index is 616. The molecule has 1 aliphatic rings. The molecule has 0 radical (unpaired) electrons. The first kappa shape index (κ1) is 13.2. The maximum Gasteiger partial charge on any atom is 0.240 e. The molecule has 20 heavy (non-hydrogen) atoms. The van der Waals surface area contributed by atoms with Gasteiger partial charge in [-0.3, -0.25) is 0 Å². The van der Waals surface area contributed by atoms with Crippen LogP contribution in [-0.4, -0.2) is 18.1 Å². The Morgan fingerprint density at radius 3 is 2.75 bits per heavy atom. The van der Waals surface area contributed by atoms with Crippen LogP contribution in [0.15, 0.2) is 21.9 Å². The van der Waals surface area contributed by atoms with E-state index in [9.17, 15) is 5.26 Å². The molecule has 2 aromatic rings. The highest BCUT2D eigenvalue weighted by Gasteiger charge is 2.27. The first-order chi connectivity index (χ1) is 9.67. The van der Waals surface area contributed by atoms with Crippen molar-refractivity contribution >= 4 is 17.2 Å². The topological polar surface area (TPSA) is 53.1 Å². The number of nitrogens with zero attached hydrogens (tertiary/aromatic N) is 3. The van der Waals surface area contributed by atoms with Crippen molar-refractivity contribution in [3.63, 3.8) is 0 Å². The molecule has 1 saturated heterocycles. The number of oxazole rings is 1. The summed E-state index contributed by atoms with van der Waals surface area (Å²) in [6, 6.07) is 6.08. The molecule has 3 rings (SSSR count). The van der Waals surface area contributed by atoms with E-state index in [0.29, 0.717) is 29.3 Å². The van der Waals surface area contributed by atoms with Gasteiger partial charge in [-0.1, -0.05) is 19.9 Å². The predicted octanol–water partition coefficient (Wildman–Crippen LogP) is 3.76. The SMILES string of the molecule is C[C@H]1C[C@H](C)CN(c2oc(-c3cccs3)nc2C#N)C1. The molecule has 0 spiro atoms. The third-order valence-electron chi connectivity index (χ3n) is 3.60. The lowest BCUT2D eigenvalue weighted by atomic mass is 9.92. The lowest BCUT2D eigenvalue weighted by Crippen LogP contribution is -2.38. The molecule has 0 unspecified atom stereocenters. The largest absolute Gasteiger partial charge is 0.418 e. The molecule has 0 aromatic carbocycles. The summed E-state index contributed by atoms with van der Waals surface area (Å²) < 4.78 is 5.89. The van der Waals surface area contributed by atoms with E-state index in [1.54, 1.807) is 11.3 Å². The fraction of sp³-hybridized carbons (Fsp3) is 0.467. The van der Waals surface area contributed by atoms with Gasteiger partial charge in [0.1, 0.15) is 6.07 Å². The molecule has 1 aliphatic heterocycles. The van der Waals surface area contributed by atoms with Crippen LogP contribution in [-0.2, 0) is 0 Å². The second-order valence-electron chi connectivity index (χ2n) is 5.61. The van der Waals surface area contributed by atoms with Crippen molar-refractivity contribution in [2.24, 2.45) is 11.8 Å². The van der Waals surface area contributed by atoms with Crippen LogP contribution in [0.3, 0.4) is 0 Å². The standard InChI is InChI=1S/C15H17N3OS/c1-10-6-11(2)9-18(8-10)15-12(7-16)17-14(19-15)13-4-3-5-20-13/h3-5,10-11H,6,8-9H2,1-2H3/t10-,11-/m0/s1. The smallest absolute Gasteiger partial charge is 0.240 e. The fourth-order valence-electron chi connectivity index (χ4n) is 2.93. The van der Waals surface area contributed by atoms with Crippen LogP contribution >= 0.6 is 11.3 Å². The van der Waals surface area contributed by atoms with E-state index in [0.717, 1.165) is 18.0 Å². The number of aromatic nitrogens is 1. The van der Waals surface area contributed by atoms with Crippen molar-refractivity contribution in [1.29, 1.82) is 5.26 Å². The van der Waals surface area contributed by atoms with Crippen LogP contribution in [0.2, 0.25) is 0 Å². The summed E-state index contributed by atoms with van der Waals surface area (Å²) in [5, 5.41) is 11.3. The Morgan fingerprint density at radius 1 is 1.40 bits per heavy atom. The summed E-state index contributed by atoms with van der Waals surface area (Å²) in [5.41, 5.74) is 0.398. The van der Waals surface area contributed by atoms with E-state index < -0.39 is 0 Å². The average molecular weight is 287 g/mol. The Balaban J connectivity index is 1.95. The average Bonchev–Trinajstić information content (AvgIpc) is 3.06. The molecular weight excluding hydrogens is 270 g/mol. The first-order valence-corrected chi connectivity index (χ1v) is 7.75. The minimum Gasteiger partial charge on any atom is -0.418 e. The second-order valence-corrected chi connectivity index (χ2v) is 6.56. The zero-order valence-electron chi connectivity index (χ0n) is 11.7. The number of rotatable bonds is 2. The third-order valence-corrected chi connectivity index (χ3v) is 4.46. The Hall–Kier alpha value is -1.80. The third kappa shape index (κ3) is 2.44. The molecule has 0 amide bonds. The molecule has 3 heterocycles. The van der Waals surface area contributed by atoms with Crippen LogP contribution in [0.25, 0.3) is 10.8 Å². The van der Waals surface area contributed by atoms with Gasteiger partial charge >= 0.3 is 0 Å². The number of nitriles is 1. The van der Waals surface area contributed by atoms with Crippen molar-refractivity contribution in [2.45, 2.75) is 20.3 Å². The van der Waals surface area contributed by atoms with E-state index in [-0.39, 0.29) is 0 Å². The minimum atomic E-state index is 0.398. The van der Waals surface area contributed by atoms with Crippen LogP contribution in [0.4, 0.5) is 5.88 Å². The maximum atomic E-state index is 9.30. The molecule has 0 aliphatic carbocycles. The lowest BCUT2D eigenvalue weighted by Gasteiger charge is -2.34. The van der Waals surface area contributed by atoms with Gasteiger partial charge in [-0.15, -0.1) is 11.3 Å². The van der Waals surface area contributed by atoms with Crippen molar-refractivity contribution in [3.8, 4) is 16.8 Å². The first-order valence-electron chi connectivity index (χ1n) is 6.87. The van der Waals surface area contributed by atoms with Gasteiger partial charge in [-0.25, -0.2) is 0 Å².